The minimum atomic E-state index is -0.466. The molecule has 118 valence electrons. The molecule has 6 heteroatoms. The Kier molecular flexibility index (Phi) is 3.82. The number of rotatable bonds is 3. The molecule has 3 rings (SSSR count). The van der Waals surface area contributed by atoms with E-state index in [1.807, 2.05) is 19.9 Å². The van der Waals surface area contributed by atoms with Crippen molar-refractivity contribution >= 4 is 11.6 Å². The lowest BCUT2D eigenvalue weighted by atomic mass is 10.1. The van der Waals surface area contributed by atoms with E-state index in [2.05, 4.69) is 15.3 Å². The molecule has 0 spiro atoms. The van der Waals surface area contributed by atoms with Crippen molar-refractivity contribution in [3.8, 4) is 0 Å². The Balaban J connectivity index is 1.91. The summed E-state index contributed by atoms with van der Waals surface area (Å²) in [5, 5.41) is 2.78. The molecule has 0 fully saturated rings. The first-order chi connectivity index (χ1) is 11.0. The molecule has 1 aromatic carbocycles. The average Bonchev–Trinajstić information content (AvgIpc) is 2.91. The summed E-state index contributed by atoms with van der Waals surface area (Å²) in [5.74, 6) is -0.722. The highest BCUT2D eigenvalue weighted by Gasteiger charge is 2.19. The Morgan fingerprint density at radius 1 is 1.30 bits per heavy atom. The van der Waals surface area contributed by atoms with Crippen molar-refractivity contribution in [2.24, 2.45) is 0 Å². The van der Waals surface area contributed by atoms with Crippen LogP contribution in [0.1, 0.15) is 40.4 Å². The highest BCUT2D eigenvalue weighted by Crippen LogP contribution is 2.17. The number of hydrogen-bond acceptors (Lipinski definition) is 3. The number of carbonyl (C=O) groups excluding carboxylic acids is 1. The monoisotopic (exact) mass is 312 g/mol. The molecule has 2 heterocycles. The van der Waals surface area contributed by atoms with Crippen LogP contribution < -0.4 is 5.32 Å². The van der Waals surface area contributed by atoms with E-state index in [4.69, 9.17) is 0 Å². The zero-order valence-corrected chi connectivity index (χ0v) is 13.2. The summed E-state index contributed by atoms with van der Waals surface area (Å²) in [6.07, 6.45) is 1.57. The first kappa shape index (κ1) is 15.1. The van der Waals surface area contributed by atoms with E-state index in [9.17, 15) is 9.18 Å². The molecule has 3 aromatic rings. The molecule has 1 unspecified atom stereocenters. The second-order valence-electron chi connectivity index (χ2n) is 5.54. The lowest BCUT2D eigenvalue weighted by molar-refractivity contribution is 0.0936. The van der Waals surface area contributed by atoms with E-state index in [-0.39, 0.29) is 17.4 Å². The van der Waals surface area contributed by atoms with Crippen molar-refractivity contribution < 1.29 is 9.18 Å². The highest BCUT2D eigenvalue weighted by molar-refractivity contribution is 5.98. The Hall–Kier alpha value is -2.76. The predicted molar refractivity (Wildman–Crippen MR) is 84.7 cm³/mol. The van der Waals surface area contributed by atoms with Gasteiger partial charge in [-0.2, -0.15) is 0 Å². The number of fused-ring (bicyclic) bond motifs is 1. The molecule has 5 nitrogen and oxygen atoms in total. The Labute approximate surface area is 133 Å². The van der Waals surface area contributed by atoms with Gasteiger partial charge >= 0.3 is 0 Å². The Bertz CT molecular complexity index is 887. The highest BCUT2D eigenvalue weighted by atomic mass is 19.1. The number of hydrogen-bond donors (Lipinski definition) is 1. The quantitative estimate of drug-likeness (QED) is 0.809. The van der Waals surface area contributed by atoms with Gasteiger partial charge in [0.25, 0.3) is 5.91 Å². The fourth-order valence-corrected chi connectivity index (χ4v) is 2.61. The van der Waals surface area contributed by atoms with Gasteiger partial charge in [0.05, 0.1) is 6.04 Å². The third-order valence-electron chi connectivity index (χ3n) is 3.76. The smallest absolute Gasteiger partial charge is 0.274 e. The van der Waals surface area contributed by atoms with Crippen LogP contribution in [0.5, 0.6) is 0 Å². The van der Waals surface area contributed by atoms with E-state index in [0.717, 1.165) is 11.4 Å². The van der Waals surface area contributed by atoms with Crippen molar-refractivity contribution in [1.29, 1.82) is 0 Å². The van der Waals surface area contributed by atoms with Gasteiger partial charge < -0.3 is 5.32 Å². The predicted octanol–water partition coefficient (Wildman–Crippen LogP) is 2.98. The lowest BCUT2D eigenvalue weighted by Crippen LogP contribution is -2.27. The summed E-state index contributed by atoms with van der Waals surface area (Å²) in [6, 6.07) is 7.83. The molecule has 0 saturated heterocycles. The van der Waals surface area contributed by atoms with Crippen LogP contribution in [-0.2, 0) is 0 Å². The molecule has 2 aromatic heterocycles. The van der Waals surface area contributed by atoms with Crippen molar-refractivity contribution in [3.05, 3.63) is 65.1 Å². The zero-order valence-electron chi connectivity index (χ0n) is 13.2. The number of imidazole rings is 1. The second kappa shape index (κ2) is 5.79. The van der Waals surface area contributed by atoms with E-state index in [1.165, 1.54) is 6.07 Å². The van der Waals surface area contributed by atoms with Crippen LogP contribution in [0.25, 0.3) is 5.65 Å². The van der Waals surface area contributed by atoms with Gasteiger partial charge in [0.1, 0.15) is 12.1 Å². The first-order valence-corrected chi connectivity index (χ1v) is 7.34. The molecule has 1 atom stereocenters. The number of nitrogens with zero attached hydrogens (tertiary/aromatic N) is 3. The number of aromatic nitrogens is 3. The molecule has 0 bridgehead atoms. The number of halogens is 1. The van der Waals surface area contributed by atoms with Crippen LogP contribution in [0.2, 0.25) is 0 Å². The van der Waals surface area contributed by atoms with Crippen LogP contribution >= 0.6 is 0 Å². The maximum atomic E-state index is 13.8. The van der Waals surface area contributed by atoms with Crippen LogP contribution in [0.3, 0.4) is 0 Å². The summed E-state index contributed by atoms with van der Waals surface area (Å²) in [7, 11) is 0. The average molecular weight is 312 g/mol. The molecular formula is C17H17FN4O. The normalized spacial score (nSPS) is 12.3. The molecular weight excluding hydrogens is 295 g/mol. The summed E-state index contributed by atoms with van der Waals surface area (Å²) in [5.41, 5.74) is 2.93. The maximum absolute atomic E-state index is 13.8. The van der Waals surface area contributed by atoms with Crippen LogP contribution in [-0.4, -0.2) is 20.3 Å². The molecule has 1 N–H and O–H groups in total. The van der Waals surface area contributed by atoms with Gasteiger partial charge in [-0.25, -0.2) is 14.4 Å². The number of carbonyl (C=O) groups is 1. The van der Waals surface area contributed by atoms with Gasteiger partial charge in [-0.05, 0) is 32.9 Å². The van der Waals surface area contributed by atoms with Gasteiger partial charge in [-0.1, -0.05) is 18.2 Å². The first-order valence-electron chi connectivity index (χ1n) is 7.34. The summed E-state index contributed by atoms with van der Waals surface area (Å²) in [4.78, 5) is 21.0. The van der Waals surface area contributed by atoms with Gasteiger partial charge in [0.2, 0.25) is 0 Å². The number of benzene rings is 1. The third-order valence-corrected chi connectivity index (χ3v) is 3.76. The molecule has 0 saturated carbocycles. The number of amides is 1. The van der Waals surface area contributed by atoms with Crippen molar-refractivity contribution in [2.45, 2.75) is 26.8 Å². The zero-order chi connectivity index (χ0) is 16.6. The van der Waals surface area contributed by atoms with Crippen molar-refractivity contribution in [2.75, 3.05) is 0 Å². The fraction of sp³-hybridized carbons (Fsp3) is 0.235. The third kappa shape index (κ3) is 2.79. The summed E-state index contributed by atoms with van der Waals surface area (Å²) < 4.78 is 15.6. The summed E-state index contributed by atoms with van der Waals surface area (Å²) >= 11 is 0. The van der Waals surface area contributed by atoms with Crippen molar-refractivity contribution in [3.63, 3.8) is 0 Å². The number of aryl methyl sites for hydroxylation is 2. The van der Waals surface area contributed by atoms with E-state index >= 15 is 0 Å². The van der Waals surface area contributed by atoms with E-state index in [0.29, 0.717) is 11.2 Å². The number of nitrogens with one attached hydrogen (secondary N) is 1. The van der Waals surface area contributed by atoms with Crippen LogP contribution in [0.15, 0.2) is 36.7 Å². The molecule has 1 amide bonds. The largest absolute Gasteiger partial charge is 0.344 e. The van der Waals surface area contributed by atoms with E-state index in [1.54, 1.807) is 35.9 Å². The minimum Gasteiger partial charge on any atom is -0.344 e. The molecule has 0 aliphatic rings. The molecule has 23 heavy (non-hydrogen) atoms. The molecule has 0 aliphatic carbocycles. The van der Waals surface area contributed by atoms with Gasteiger partial charge in [0.15, 0.2) is 11.3 Å². The Morgan fingerprint density at radius 2 is 2.04 bits per heavy atom. The van der Waals surface area contributed by atoms with Crippen LogP contribution in [0, 0.1) is 19.7 Å². The molecule has 0 aliphatic heterocycles. The standard InChI is InChI=1S/C17H17FN4O/c1-10-8-11(2)22-9-19-15(16(22)20-10)17(23)21-12(3)13-6-4-5-7-14(13)18/h4-9,12H,1-3H3,(H,21,23). The summed E-state index contributed by atoms with van der Waals surface area (Å²) in [6.45, 7) is 5.52. The van der Waals surface area contributed by atoms with Crippen LogP contribution in [0.4, 0.5) is 4.39 Å². The lowest BCUT2D eigenvalue weighted by Gasteiger charge is -2.14. The fourth-order valence-electron chi connectivity index (χ4n) is 2.61. The molecule has 0 radical (unpaired) electrons. The minimum absolute atomic E-state index is 0.236. The Morgan fingerprint density at radius 3 is 2.78 bits per heavy atom. The van der Waals surface area contributed by atoms with Gasteiger partial charge in [0, 0.05) is 17.0 Å². The van der Waals surface area contributed by atoms with Crippen molar-refractivity contribution in [1.82, 2.24) is 19.7 Å². The maximum Gasteiger partial charge on any atom is 0.274 e. The topological polar surface area (TPSA) is 59.3 Å². The second-order valence-corrected chi connectivity index (χ2v) is 5.54. The van der Waals surface area contributed by atoms with Gasteiger partial charge in [-0.15, -0.1) is 0 Å². The van der Waals surface area contributed by atoms with E-state index < -0.39 is 6.04 Å². The SMILES string of the molecule is Cc1cc(C)n2cnc(C(=O)NC(C)c3ccccc3F)c2n1. The van der Waals surface area contributed by atoms with Gasteiger partial charge in [-0.3, -0.25) is 9.20 Å².